The summed E-state index contributed by atoms with van der Waals surface area (Å²) in [6.07, 6.45) is 5.97. The minimum absolute atomic E-state index is 0.603. The zero-order chi connectivity index (χ0) is 17.1. The lowest BCUT2D eigenvalue weighted by Gasteiger charge is -2.32. The van der Waals surface area contributed by atoms with Crippen LogP contribution < -0.4 is 5.32 Å². The van der Waals surface area contributed by atoms with Crippen LogP contribution in [0.1, 0.15) is 24.4 Å². The average Bonchev–Trinajstić information content (AvgIpc) is 3.13. The molecule has 1 aliphatic heterocycles. The summed E-state index contributed by atoms with van der Waals surface area (Å²) >= 11 is 0. The van der Waals surface area contributed by atoms with E-state index in [1.165, 1.54) is 12.8 Å². The van der Waals surface area contributed by atoms with Crippen molar-refractivity contribution in [3.05, 3.63) is 48.3 Å². The highest BCUT2D eigenvalue weighted by molar-refractivity contribution is 5.86. The summed E-state index contributed by atoms with van der Waals surface area (Å²) in [7, 11) is 0. The monoisotopic (exact) mass is 337 g/mol. The number of nitrogens with zero attached hydrogens (tertiary/aromatic N) is 4. The van der Waals surface area contributed by atoms with Crippen LogP contribution in [0.3, 0.4) is 0 Å². The predicted molar refractivity (Wildman–Crippen MR) is 97.3 cm³/mol. The molecule has 3 aromatic heterocycles. The molecule has 1 aliphatic rings. The van der Waals surface area contributed by atoms with Crippen LogP contribution in [0, 0.1) is 12.8 Å². The fourth-order valence-corrected chi connectivity index (χ4v) is 3.53. The normalized spacial score (nSPS) is 18.5. The number of likely N-dealkylation sites (tertiary alicyclic amines) is 1. The Bertz CT molecular complexity index is 833. The van der Waals surface area contributed by atoms with Crippen LogP contribution in [0.4, 0.5) is 5.82 Å². The zero-order valence-corrected chi connectivity index (χ0v) is 14.5. The lowest BCUT2D eigenvalue weighted by Crippen LogP contribution is -2.37. The average molecular weight is 337 g/mol. The van der Waals surface area contributed by atoms with E-state index in [-0.39, 0.29) is 0 Å². The highest BCUT2D eigenvalue weighted by Crippen LogP contribution is 2.22. The van der Waals surface area contributed by atoms with Crippen molar-refractivity contribution in [2.24, 2.45) is 5.92 Å². The maximum absolute atomic E-state index is 5.48. The van der Waals surface area contributed by atoms with E-state index in [9.17, 15) is 0 Å². The Hall–Kier alpha value is -2.47. The Morgan fingerprint density at radius 2 is 2.24 bits per heavy atom. The number of nitrogens with one attached hydrogen (secondary N) is 1. The molecule has 1 atom stereocenters. The van der Waals surface area contributed by atoms with Crippen molar-refractivity contribution in [3.8, 4) is 0 Å². The van der Waals surface area contributed by atoms with Gasteiger partial charge < -0.3 is 9.73 Å². The number of fused-ring (bicyclic) bond motifs is 1. The van der Waals surface area contributed by atoms with Crippen molar-refractivity contribution in [1.82, 2.24) is 19.9 Å². The second kappa shape index (κ2) is 7.19. The van der Waals surface area contributed by atoms with Gasteiger partial charge in [0.15, 0.2) is 5.65 Å². The van der Waals surface area contributed by atoms with E-state index in [0.29, 0.717) is 5.92 Å². The first-order valence-corrected chi connectivity index (χ1v) is 8.86. The van der Waals surface area contributed by atoms with Gasteiger partial charge in [0, 0.05) is 19.3 Å². The number of hydrogen-bond acceptors (Lipinski definition) is 6. The van der Waals surface area contributed by atoms with E-state index in [1.807, 2.05) is 31.2 Å². The standard InChI is InChI=1S/C19H23N5O/c1-14-22-18-17(7-2-8-20-18)19(23-14)21-11-15-5-3-9-24(12-15)13-16-6-4-10-25-16/h2,4,6-8,10,15H,3,5,9,11-13H2,1H3,(H,20,21,22,23)/t15-/m1/s1. The maximum atomic E-state index is 5.48. The summed E-state index contributed by atoms with van der Waals surface area (Å²) in [6.45, 7) is 5.92. The van der Waals surface area contributed by atoms with Crippen LogP contribution in [0.15, 0.2) is 41.1 Å². The van der Waals surface area contributed by atoms with Crippen LogP contribution in [0.2, 0.25) is 0 Å². The third kappa shape index (κ3) is 3.79. The van der Waals surface area contributed by atoms with Crippen LogP contribution in [0.25, 0.3) is 11.0 Å². The van der Waals surface area contributed by atoms with Crippen LogP contribution in [0.5, 0.6) is 0 Å². The summed E-state index contributed by atoms with van der Waals surface area (Å²) < 4.78 is 5.48. The van der Waals surface area contributed by atoms with Crippen molar-refractivity contribution in [1.29, 1.82) is 0 Å². The van der Waals surface area contributed by atoms with Gasteiger partial charge in [0.2, 0.25) is 0 Å². The van der Waals surface area contributed by atoms with Crippen molar-refractivity contribution in [3.63, 3.8) is 0 Å². The van der Waals surface area contributed by atoms with Gasteiger partial charge in [-0.1, -0.05) is 0 Å². The SMILES string of the molecule is Cc1nc(NC[C@H]2CCCN(Cc3ccco3)C2)c2cccnc2n1. The Morgan fingerprint density at radius 1 is 1.28 bits per heavy atom. The molecule has 130 valence electrons. The summed E-state index contributed by atoms with van der Waals surface area (Å²) in [5, 5.41) is 4.52. The lowest BCUT2D eigenvalue weighted by molar-refractivity contribution is 0.162. The highest BCUT2D eigenvalue weighted by Gasteiger charge is 2.21. The quantitative estimate of drug-likeness (QED) is 0.771. The summed E-state index contributed by atoms with van der Waals surface area (Å²) in [6, 6.07) is 7.95. The first-order chi connectivity index (χ1) is 12.3. The number of anilines is 1. The second-order valence-corrected chi connectivity index (χ2v) is 6.70. The molecule has 6 nitrogen and oxygen atoms in total. The fraction of sp³-hybridized carbons (Fsp3) is 0.421. The second-order valence-electron chi connectivity index (χ2n) is 6.70. The molecule has 25 heavy (non-hydrogen) atoms. The number of hydrogen-bond donors (Lipinski definition) is 1. The van der Waals surface area contributed by atoms with Gasteiger partial charge in [-0.25, -0.2) is 15.0 Å². The molecule has 0 aliphatic carbocycles. The number of aromatic nitrogens is 3. The molecule has 3 aromatic rings. The van der Waals surface area contributed by atoms with Crippen molar-refractivity contribution in [2.45, 2.75) is 26.3 Å². The molecule has 0 aromatic carbocycles. The van der Waals surface area contributed by atoms with Gasteiger partial charge >= 0.3 is 0 Å². The molecule has 0 radical (unpaired) electrons. The van der Waals surface area contributed by atoms with Crippen LogP contribution in [-0.2, 0) is 6.54 Å². The van der Waals surface area contributed by atoms with Gasteiger partial charge in [-0.3, -0.25) is 4.90 Å². The maximum Gasteiger partial charge on any atom is 0.164 e. The predicted octanol–water partition coefficient (Wildman–Crippen LogP) is 3.25. The van der Waals surface area contributed by atoms with E-state index in [0.717, 1.165) is 54.6 Å². The largest absolute Gasteiger partial charge is 0.468 e. The van der Waals surface area contributed by atoms with Gasteiger partial charge in [0.1, 0.15) is 17.4 Å². The third-order valence-corrected chi connectivity index (χ3v) is 4.70. The van der Waals surface area contributed by atoms with Crippen molar-refractivity contribution < 1.29 is 4.42 Å². The molecule has 0 saturated carbocycles. The highest BCUT2D eigenvalue weighted by atomic mass is 16.3. The smallest absolute Gasteiger partial charge is 0.164 e. The van der Waals surface area contributed by atoms with Crippen LogP contribution in [-0.4, -0.2) is 39.5 Å². The fourth-order valence-electron chi connectivity index (χ4n) is 3.53. The molecule has 0 unspecified atom stereocenters. The topological polar surface area (TPSA) is 67.1 Å². The van der Waals surface area contributed by atoms with Crippen molar-refractivity contribution >= 4 is 16.9 Å². The van der Waals surface area contributed by atoms with Gasteiger partial charge in [0.25, 0.3) is 0 Å². The molecule has 0 bridgehead atoms. The van der Waals surface area contributed by atoms with Gasteiger partial charge in [-0.2, -0.15) is 0 Å². The minimum Gasteiger partial charge on any atom is -0.468 e. The molecule has 1 fully saturated rings. The first-order valence-electron chi connectivity index (χ1n) is 8.86. The molecule has 1 N–H and O–H groups in total. The van der Waals surface area contributed by atoms with Crippen molar-refractivity contribution in [2.75, 3.05) is 25.0 Å². The van der Waals surface area contributed by atoms with E-state index in [1.54, 1.807) is 12.5 Å². The molecule has 1 saturated heterocycles. The Labute approximate surface area is 147 Å². The molecule has 4 heterocycles. The third-order valence-electron chi connectivity index (χ3n) is 4.70. The lowest BCUT2D eigenvalue weighted by atomic mass is 9.98. The summed E-state index contributed by atoms with van der Waals surface area (Å²) in [5.74, 6) is 3.28. The molecule has 0 spiro atoms. The number of aryl methyl sites for hydroxylation is 1. The summed E-state index contributed by atoms with van der Waals surface area (Å²) in [4.78, 5) is 15.8. The number of furan rings is 1. The number of rotatable bonds is 5. The number of pyridine rings is 1. The van der Waals surface area contributed by atoms with E-state index in [2.05, 4.69) is 25.2 Å². The van der Waals surface area contributed by atoms with Gasteiger partial charge in [-0.15, -0.1) is 0 Å². The van der Waals surface area contributed by atoms with E-state index in [4.69, 9.17) is 4.42 Å². The zero-order valence-electron chi connectivity index (χ0n) is 14.5. The van der Waals surface area contributed by atoms with E-state index < -0.39 is 0 Å². The van der Waals surface area contributed by atoms with E-state index >= 15 is 0 Å². The molecular formula is C19H23N5O. The Kier molecular flexibility index (Phi) is 4.61. The van der Waals surface area contributed by atoms with Crippen LogP contribution >= 0.6 is 0 Å². The minimum atomic E-state index is 0.603. The van der Waals surface area contributed by atoms with Gasteiger partial charge in [-0.05, 0) is 56.5 Å². The summed E-state index contributed by atoms with van der Waals surface area (Å²) in [5.41, 5.74) is 0.751. The molecule has 4 rings (SSSR count). The molecule has 6 heteroatoms. The Balaban J connectivity index is 1.41. The molecular weight excluding hydrogens is 314 g/mol. The van der Waals surface area contributed by atoms with Gasteiger partial charge in [0.05, 0.1) is 18.2 Å². The Morgan fingerprint density at radius 3 is 3.12 bits per heavy atom. The molecule has 0 amide bonds. The first kappa shape index (κ1) is 16.0. The number of piperidine rings is 1.